The van der Waals surface area contributed by atoms with Gasteiger partial charge in [-0.05, 0) is 18.2 Å². The topological polar surface area (TPSA) is 74.3 Å². The Morgan fingerprint density at radius 1 is 0.931 bits per heavy atom. The number of carbonyl (C=O) groups is 2. The van der Waals surface area contributed by atoms with Crippen LogP contribution in [0, 0.1) is 0 Å². The van der Waals surface area contributed by atoms with Crippen LogP contribution in [-0.4, -0.2) is 39.8 Å². The van der Waals surface area contributed by atoms with E-state index in [1.807, 2.05) is 30.3 Å². The van der Waals surface area contributed by atoms with Crippen molar-refractivity contribution in [3.63, 3.8) is 0 Å². The monoisotopic (exact) mass is 395 g/mol. The Kier molecular flexibility index (Phi) is 4.88. The Morgan fingerprint density at radius 2 is 1.59 bits per heavy atom. The zero-order valence-electron chi connectivity index (χ0n) is 16.4. The number of hydrogen-bond acceptors (Lipinski definition) is 6. The van der Waals surface area contributed by atoms with Crippen LogP contribution in [0.3, 0.4) is 0 Å². The minimum absolute atomic E-state index is 0.0565. The summed E-state index contributed by atoms with van der Waals surface area (Å²) in [6.07, 6.45) is 0.106. The Labute approximate surface area is 168 Å². The van der Waals surface area contributed by atoms with Crippen molar-refractivity contribution in [1.82, 2.24) is 0 Å². The van der Waals surface area contributed by atoms with Crippen molar-refractivity contribution in [2.75, 3.05) is 32.8 Å². The fraction of sp³-hybridized carbons (Fsp3) is 0.273. The van der Waals surface area contributed by atoms with Gasteiger partial charge in [0.15, 0.2) is 11.5 Å². The number of nitrogens with zero attached hydrogens (tertiary/aromatic N) is 1. The minimum atomic E-state index is -0.498. The molecule has 2 heterocycles. The van der Waals surface area contributed by atoms with Crippen LogP contribution in [0.5, 0.6) is 17.2 Å². The first kappa shape index (κ1) is 18.9. The van der Waals surface area contributed by atoms with Crippen LogP contribution >= 0.6 is 0 Å². The molecule has 7 heteroatoms. The van der Waals surface area contributed by atoms with Gasteiger partial charge in [-0.15, -0.1) is 0 Å². The molecule has 0 aliphatic carbocycles. The normalized spacial score (nSPS) is 18.4. The third-order valence-corrected chi connectivity index (χ3v) is 5.24. The van der Waals surface area contributed by atoms with E-state index in [-0.39, 0.29) is 18.9 Å². The van der Waals surface area contributed by atoms with Gasteiger partial charge in [-0.3, -0.25) is 9.69 Å². The van der Waals surface area contributed by atoms with Crippen molar-refractivity contribution in [3.05, 3.63) is 59.3 Å². The molecule has 1 unspecified atom stereocenters. The van der Waals surface area contributed by atoms with Gasteiger partial charge in [0.1, 0.15) is 12.4 Å². The van der Waals surface area contributed by atoms with Crippen molar-refractivity contribution in [1.29, 1.82) is 0 Å². The lowest BCUT2D eigenvalue weighted by molar-refractivity contribution is -0.136. The molecule has 0 N–H and O–H groups in total. The molecule has 150 valence electrons. The zero-order chi connectivity index (χ0) is 20.5. The Hall–Kier alpha value is -3.48. The second kappa shape index (κ2) is 7.50. The lowest BCUT2D eigenvalue weighted by atomic mass is 9.83. The lowest BCUT2D eigenvalue weighted by Gasteiger charge is -2.32. The van der Waals surface area contributed by atoms with E-state index < -0.39 is 11.9 Å². The molecule has 0 bridgehead atoms. The summed E-state index contributed by atoms with van der Waals surface area (Å²) in [5.41, 5.74) is 2.43. The van der Waals surface area contributed by atoms with Gasteiger partial charge in [-0.25, -0.2) is 4.79 Å². The first-order valence-corrected chi connectivity index (χ1v) is 9.17. The number of cyclic esters (lactones) is 1. The number of rotatable bonds is 5. The summed E-state index contributed by atoms with van der Waals surface area (Å²) < 4.78 is 21.6. The highest BCUT2D eigenvalue weighted by atomic mass is 16.5. The van der Waals surface area contributed by atoms with Crippen LogP contribution in [-0.2, 0) is 14.3 Å². The van der Waals surface area contributed by atoms with E-state index in [1.165, 1.54) is 21.3 Å². The van der Waals surface area contributed by atoms with E-state index >= 15 is 0 Å². The van der Waals surface area contributed by atoms with Crippen molar-refractivity contribution in [2.45, 2.75) is 12.3 Å². The van der Waals surface area contributed by atoms with Gasteiger partial charge in [-0.1, -0.05) is 18.2 Å². The molecule has 2 aliphatic heterocycles. The van der Waals surface area contributed by atoms with Crippen molar-refractivity contribution in [3.8, 4) is 17.2 Å². The maximum absolute atomic E-state index is 13.1. The third kappa shape index (κ3) is 3.08. The van der Waals surface area contributed by atoms with E-state index in [4.69, 9.17) is 18.9 Å². The highest BCUT2D eigenvalue weighted by Gasteiger charge is 2.44. The van der Waals surface area contributed by atoms with Crippen molar-refractivity contribution < 1.29 is 28.5 Å². The van der Waals surface area contributed by atoms with Crippen LogP contribution < -0.4 is 19.1 Å². The largest absolute Gasteiger partial charge is 0.496 e. The van der Waals surface area contributed by atoms with E-state index in [0.717, 1.165) is 0 Å². The van der Waals surface area contributed by atoms with Gasteiger partial charge in [-0.2, -0.15) is 0 Å². The molecule has 4 rings (SSSR count). The first-order chi connectivity index (χ1) is 14.1. The van der Waals surface area contributed by atoms with Crippen LogP contribution in [0.4, 0.5) is 5.69 Å². The van der Waals surface area contributed by atoms with Gasteiger partial charge in [0.05, 0.1) is 32.6 Å². The van der Waals surface area contributed by atoms with Crippen LogP contribution in [0.25, 0.3) is 0 Å². The molecule has 2 aromatic rings. The number of benzene rings is 2. The van der Waals surface area contributed by atoms with E-state index in [1.54, 1.807) is 17.0 Å². The Bertz CT molecular complexity index is 998. The molecule has 0 aromatic heterocycles. The van der Waals surface area contributed by atoms with Gasteiger partial charge >= 0.3 is 5.97 Å². The zero-order valence-corrected chi connectivity index (χ0v) is 16.4. The molecule has 7 nitrogen and oxygen atoms in total. The Balaban J connectivity index is 1.87. The van der Waals surface area contributed by atoms with Crippen LogP contribution in [0.2, 0.25) is 0 Å². The molecule has 0 saturated carbocycles. The minimum Gasteiger partial charge on any atom is -0.496 e. The number of anilines is 1. The summed E-state index contributed by atoms with van der Waals surface area (Å²) in [5, 5.41) is 0. The van der Waals surface area contributed by atoms with Gasteiger partial charge in [0.25, 0.3) is 0 Å². The van der Waals surface area contributed by atoms with Gasteiger partial charge < -0.3 is 18.9 Å². The number of hydrogen-bond donors (Lipinski definition) is 0. The molecule has 0 fully saturated rings. The molecule has 1 amide bonds. The van der Waals surface area contributed by atoms with E-state index in [0.29, 0.717) is 39.8 Å². The number of carbonyl (C=O) groups excluding carboxylic acids is 2. The molecule has 1 atom stereocenters. The molecule has 0 radical (unpaired) electrons. The average Bonchev–Trinajstić information content (AvgIpc) is 3.14. The molecular weight excluding hydrogens is 374 g/mol. The average molecular weight is 395 g/mol. The highest BCUT2D eigenvalue weighted by Crippen LogP contribution is 2.47. The van der Waals surface area contributed by atoms with Gasteiger partial charge in [0, 0.05) is 29.7 Å². The highest BCUT2D eigenvalue weighted by molar-refractivity contribution is 6.06. The molecule has 0 spiro atoms. The number of para-hydroxylation sites is 1. The standard InChI is InChI=1S/C22H21NO6/c1-26-17-11-19(28-3)18(27-2)9-14(17)15-10-20(24)23(13-7-5-4-6-8-13)16-12-29-22(25)21(15)16/h4-9,11,15H,10,12H2,1-3H3. The molecule has 29 heavy (non-hydrogen) atoms. The molecule has 0 saturated heterocycles. The predicted molar refractivity (Wildman–Crippen MR) is 105 cm³/mol. The number of amides is 1. The van der Waals surface area contributed by atoms with Crippen molar-refractivity contribution in [2.24, 2.45) is 0 Å². The first-order valence-electron chi connectivity index (χ1n) is 9.17. The predicted octanol–water partition coefficient (Wildman–Crippen LogP) is 3.04. The molecule has 2 aliphatic rings. The fourth-order valence-corrected chi connectivity index (χ4v) is 3.92. The summed E-state index contributed by atoms with van der Waals surface area (Å²) in [6, 6.07) is 12.7. The second-order valence-corrected chi connectivity index (χ2v) is 6.71. The maximum atomic E-state index is 13.1. The maximum Gasteiger partial charge on any atom is 0.336 e. The fourth-order valence-electron chi connectivity index (χ4n) is 3.92. The summed E-state index contributed by atoms with van der Waals surface area (Å²) in [6.45, 7) is 0.0565. The third-order valence-electron chi connectivity index (χ3n) is 5.24. The Morgan fingerprint density at radius 3 is 2.24 bits per heavy atom. The second-order valence-electron chi connectivity index (χ2n) is 6.71. The number of ether oxygens (including phenoxy) is 4. The molecule has 2 aromatic carbocycles. The smallest absolute Gasteiger partial charge is 0.336 e. The number of esters is 1. The van der Waals surface area contributed by atoms with Crippen LogP contribution in [0.15, 0.2) is 53.7 Å². The van der Waals surface area contributed by atoms with Gasteiger partial charge in [0.2, 0.25) is 5.91 Å². The van der Waals surface area contributed by atoms with Crippen molar-refractivity contribution >= 4 is 17.6 Å². The summed E-state index contributed by atoms with van der Waals surface area (Å²) in [5.74, 6) is 0.479. The summed E-state index contributed by atoms with van der Waals surface area (Å²) >= 11 is 0. The lowest BCUT2D eigenvalue weighted by Crippen LogP contribution is -2.37. The molecular formula is C22H21NO6. The quantitative estimate of drug-likeness (QED) is 0.725. The summed E-state index contributed by atoms with van der Waals surface area (Å²) in [4.78, 5) is 27.3. The number of methoxy groups -OCH3 is 3. The SMILES string of the molecule is COc1cc(OC)c(C2CC(=O)N(c3ccccc3)C3=C2C(=O)OC3)cc1OC. The van der Waals surface area contributed by atoms with E-state index in [2.05, 4.69) is 0 Å². The summed E-state index contributed by atoms with van der Waals surface area (Å²) in [7, 11) is 4.60. The van der Waals surface area contributed by atoms with Crippen LogP contribution in [0.1, 0.15) is 17.9 Å². The van der Waals surface area contributed by atoms with E-state index in [9.17, 15) is 9.59 Å².